The third kappa shape index (κ3) is 2.94. The molecule has 92 valence electrons. The van der Waals surface area contributed by atoms with Gasteiger partial charge in [-0.05, 0) is 24.6 Å². The van der Waals surface area contributed by atoms with E-state index in [2.05, 4.69) is 4.98 Å². The molecule has 0 saturated carbocycles. The van der Waals surface area contributed by atoms with Gasteiger partial charge in [-0.25, -0.2) is 0 Å². The molecule has 1 heterocycles. The Morgan fingerprint density at radius 2 is 2.17 bits per heavy atom. The summed E-state index contributed by atoms with van der Waals surface area (Å²) >= 11 is 0. The van der Waals surface area contributed by atoms with Gasteiger partial charge in [0, 0.05) is 11.6 Å². The maximum Gasteiger partial charge on any atom is 0.309 e. The molecular formula is C15H15NO2. The summed E-state index contributed by atoms with van der Waals surface area (Å²) in [4.78, 5) is 15.5. The first kappa shape index (κ1) is 12.3. The van der Waals surface area contributed by atoms with E-state index in [1.807, 2.05) is 42.5 Å². The van der Waals surface area contributed by atoms with Crippen molar-refractivity contribution in [3.63, 3.8) is 0 Å². The Hall–Kier alpha value is -2.16. The van der Waals surface area contributed by atoms with Crippen molar-refractivity contribution >= 4 is 22.9 Å². The molecule has 0 radical (unpaired) electrons. The fraction of sp³-hybridized carbons (Fsp3) is 0.200. The minimum atomic E-state index is -0.202. The van der Waals surface area contributed by atoms with Crippen LogP contribution in [0.5, 0.6) is 0 Å². The summed E-state index contributed by atoms with van der Waals surface area (Å²) in [5.41, 5.74) is 2.01. The lowest BCUT2D eigenvalue weighted by molar-refractivity contribution is -0.142. The van der Waals surface area contributed by atoms with Crippen molar-refractivity contribution < 1.29 is 9.53 Å². The van der Waals surface area contributed by atoms with Crippen LogP contribution in [0.1, 0.15) is 18.9 Å². The van der Waals surface area contributed by atoms with Crippen LogP contribution in [0.3, 0.4) is 0 Å². The van der Waals surface area contributed by atoms with Crippen molar-refractivity contribution in [1.29, 1.82) is 0 Å². The Morgan fingerprint density at radius 1 is 1.33 bits per heavy atom. The number of para-hydroxylation sites is 1. The first-order chi connectivity index (χ1) is 8.81. The van der Waals surface area contributed by atoms with Crippen molar-refractivity contribution in [3.05, 3.63) is 48.2 Å². The molecule has 3 heteroatoms. The number of hydrogen-bond acceptors (Lipinski definition) is 3. The number of aromatic nitrogens is 1. The van der Waals surface area contributed by atoms with Crippen LogP contribution in [0.2, 0.25) is 0 Å². The number of esters is 1. The van der Waals surface area contributed by atoms with Crippen LogP contribution in [0.25, 0.3) is 17.0 Å². The summed E-state index contributed by atoms with van der Waals surface area (Å²) < 4.78 is 4.86. The molecule has 0 bridgehead atoms. The van der Waals surface area contributed by atoms with Gasteiger partial charge in [-0.15, -0.1) is 0 Å². The molecule has 0 saturated heterocycles. The number of carbonyl (C=O) groups is 1. The number of rotatable bonds is 4. The van der Waals surface area contributed by atoms with Gasteiger partial charge < -0.3 is 4.74 Å². The monoisotopic (exact) mass is 241 g/mol. The van der Waals surface area contributed by atoms with Crippen molar-refractivity contribution in [1.82, 2.24) is 4.98 Å². The van der Waals surface area contributed by atoms with Crippen molar-refractivity contribution in [2.45, 2.75) is 13.3 Å². The van der Waals surface area contributed by atoms with Crippen LogP contribution < -0.4 is 0 Å². The summed E-state index contributed by atoms with van der Waals surface area (Å²) in [7, 11) is 0. The molecule has 0 aliphatic rings. The molecule has 0 fully saturated rings. The normalized spacial score (nSPS) is 10.9. The molecule has 0 unspecified atom stereocenters. The fourth-order valence-electron chi connectivity index (χ4n) is 1.77. The molecule has 2 rings (SSSR count). The Labute approximate surface area is 106 Å². The fourth-order valence-corrected chi connectivity index (χ4v) is 1.77. The molecule has 1 aromatic heterocycles. The summed E-state index contributed by atoms with van der Waals surface area (Å²) in [6.07, 6.45) is 5.82. The number of hydrogen-bond donors (Lipinski definition) is 0. The third-order valence-corrected chi connectivity index (χ3v) is 2.57. The highest BCUT2D eigenvalue weighted by atomic mass is 16.5. The Balaban J connectivity index is 2.16. The summed E-state index contributed by atoms with van der Waals surface area (Å²) in [5, 5.41) is 1.08. The van der Waals surface area contributed by atoms with E-state index in [0.29, 0.717) is 13.0 Å². The number of benzene rings is 1. The first-order valence-electron chi connectivity index (χ1n) is 5.97. The standard InChI is InChI=1S/C15H15NO2/c1-2-18-15(17)9-5-6-12-10-11-16-14-8-4-3-7-13(12)14/h3-8,10-11H,2,9H2,1H3. The van der Waals surface area contributed by atoms with E-state index >= 15 is 0 Å². The van der Waals surface area contributed by atoms with Crippen LogP contribution in [0.4, 0.5) is 0 Å². The van der Waals surface area contributed by atoms with Gasteiger partial charge >= 0.3 is 5.97 Å². The highest BCUT2D eigenvalue weighted by molar-refractivity contribution is 5.87. The highest BCUT2D eigenvalue weighted by Gasteiger charge is 1.99. The quantitative estimate of drug-likeness (QED) is 0.771. The van der Waals surface area contributed by atoms with Crippen LogP contribution in [-0.4, -0.2) is 17.6 Å². The van der Waals surface area contributed by atoms with Crippen LogP contribution in [0, 0.1) is 0 Å². The lowest BCUT2D eigenvalue weighted by Gasteiger charge is -2.01. The van der Waals surface area contributed by atoms with E-state index in [1.165, 1.54) is 0 Å². The lowest BCUT2D eigenvalue weighted by atomic mass is 10.1. The lowest BCUT2D eigenvalue weighted by Crippen LogP contribution is -2.01. The molecule has 0 N–H and O–H groups in total. The van der Waals surface area contributed by atoms with Crippen molar-refractivity contribution in [2.24, 2.45) is 0 Å². The van der Waals surface area contributed by atoms with Gasteiger partial charge in [0.2, 0.25) is 0 Å². The molecule has 0 atom stereocenters. The smallest absolute Gasteiger partial charge is 0.309 e. The van der Waals surface area contributed by atoms with E-state index < -0.39 is 0 Å². The molecule has 0 aliphatic carbocycles. The zero-order chi connectivity index (χ0) is 12.8. The number of ether oxygens (including phenoxy) is 1. The topological polar surface area (TPSA) is 39.2 Å². The predicted molar refractivity (Wildman–Crippen MR) is 72.0 cm³/mol. The van der Waals surface area contributed by atoms with E-state index in [0.717, 1.165) is 16.5 Å². The third-order valence-electron chi connectivity index (χ3n) is 2.57. The van der Waals surface area contributed by atoms with Gasteiger partial charge in [0.05, 0.1) is 18.5 Å². The number of carbonyl (C=O) groups excluding carboxylic acids is 1. The maximum atomic E-state index is 11.2. The molecule has 0 amide bonds. The Morgan fingerprint density at radius 3 is 3.00 bits per heavy atom. The van der Waals surface area contributed by atoms with Gasteiger partial charge in [-0.2, -0.15) is 0 Å². The Kier molecular flexibility index (Phi) is 4.07. The summed E-state index contributed by atoms with van der Waals surface area (Å²) in [6, 6.07) is 9.86. The average Bonchev–Trinajstić information content (AvgIpc) is 2.39. The van der Waals surface area contributed by atoms with E-state index in [4.69, 9.17) is 4.74 Å². The molecule has 2 aromatic rings. The van der Waals surface area contributed by atoms with Crippen molar-refractivity contribution in [2.75, 3.05) is 6.61 Å². The van der Waals surface area contributed by atoms with Gasteiger partial charge in [-0.3, -0.25) is 9.78 Å². The van der Waals surface area contributed by atoms with Gasteiger partial charge in [0.25, 0.3) is 0 Å². The number of nitrogens with zero attached hydrogens (tertiary/aromatic N) is 1. The van der Waals surface area contributed by atoms with Gasteiger partial charge in [0.1, 0.15) is 0 Å². The van der Waals surface area contributed by atoms with Crippen molar-refractivity contribution in [3.8, 4) is 0 Å². The summed E-state index contributed by atoms with van der Waals surface area (Å²) in [5.74, 6) is -0.202. The van der Waals surface area contributed by atoms with E-state index in [1.54, 1.807) is 13.1 Å². The molecule has 3 nitrogen and oxygen atoms in total. The van der Waals surface area contributed by atoms with Gasteiger partial charge in [0.15, 0.2) is 0 Å². The average molecular weight is 241 g/mol. The molecule has 18 heavy (non-hydrogen) atoms. The molecular weight excluding hydrogens is 226 g/mol. The SMILES string of the molecule is CCOC(=O)CC=Cc1ccnc2ccccc12. The minimum absolute atomic E-state index is 0.202. The summed E-state index contributed by atoms with van der Waals surface area (Å²) in [6.45, 7) is 2.23. The first-order valence-corrected chi connectivity index (χ1v) is 5.97. The van der Waals surface area contributed by atoms with Crippen LogP contribution in [0.15, 0.2) is 42.6 Å². The molecule has 1 aromatic carbocycles. The number of fused-ring (bicyclic) bond motifs is 1. The maximum absolute atomic E-state index is 11.2. The molecule has 0 spiro atoms. The van der Waals surface area contributed by atoms with Gasteiger partial charge in [-0.1, -0.05) is 30.4 Å². The van der Waals surface area contributed by atoms with E-state index in [-0.39, 0.29) is 5.97 Å². The minimum Gasteiger partial charge on any atom is -0.466 e. The Bertz CT molecular complexity index is 570. The van der Waals surface area contributed by atoms with Crippen LogP contribution >= 0.6 is 0 Å². The largest absolute Gasteiger partial charge is 0.466 e. The zero-order valence-electron chi connectivity index (χ0n) is 10.3. The van der Waals surface area contributed by atoms with Crippen LogP contribution in [-0.2, 0) is 9.53 Å². The molecule has 0 aliphatic heterocycles. The second-order valence-electron chi connectivity index (χ2n) is 3.83. The van der Waals surface area contributed by atoms with E-state index in [9.17, 15) is 4.79 Å². The second kappa shape index (κ2) is 5.96. The predicted octanol–water partition coefficient (Wildman–Crippen LogP) is 3.20. The second-order valence-corrected chi connectivity index (χ2v) is 3.83. The highest BCUT2D eigenvalue weighted by Crippen LogP contribution is 2.17. The zero-order valence-corrected chi connectivity index (χ0v) is 10.3. The number of pyridine rings is 1.